The summed E-state index contributed by atoms with van der Waals surface area (Å²) >= 11 is 0. The second-order valence-corrected chi connectivity index (χ2v) is 4.93. The molecule has 0 saturated carbocycles. The van der Waals surface area contributed by atoms with E-state index < -0.39 is 0 Å². The molecule has 0 N–H and O–H groups in total. The third kappa shape index (κ3) is 2.89. The second kappa shape index (κ2) is 6.39. The third-order valence-electron chi connectivity index (χ3n) is 3.47. The Balaban J connectivity index is 2.63. The smallest absolute Gasteiger partial charge is 0.261 e. The molecule has 4 heteroatoms. The number of carbonyl (C=O) groups is 1. The van der Waals surface area contributed by atoms with E-state index in [2.05, 4.69) is 0 Å². The van der Waals surface area contributed by atoms with Crippen LogP contribution in [0.5, 0.6) is 5.75 Å². The predicted octanol–water partition coefficient (Wildman–Crippen LogP) is 3.05. The van der Waals surface area contributed by atoms with Gasteiger partial charge in [-0.1, -0.05) is 6.92 Å². The van der Waals surface area contributed by atoms with Crippen LogP contribution in [0.4, 0.5) is 0 Å². The zero-order valence-corrected chi connectivity index (χ0v) is 12.6. The van der Waals surface area contributed by atoms with Crippen LogP contribution in [0.2, 0.25) is 0 Å². The average Bonchev–Trinajstić information content (AvgIpc) is 2.49. The number of ether oxygens (including phenoxy) is 1. The molecule has 0 bridgehead atoms. The maximum Gasteiger partial charge on any atom is 0.261 e. The summed E-state index contributed by atoms with van der Waals surface area (Å²) in [5.74, 6) is 0.813. The Bertz CT molecular complexity index is 716. The van der Waals surface area contributed by atoms with Gasteiger partial charge in [0.1, 0.15) is 5.75 Å². The molecule has 0 aliphatic rings. The maximum atomic E-state index is 12.3. The Labute approximate surface area is 124 Å². The van der Waals surface area contributed by atoms with Crippen LogP contribution in [-0.4, -0.2) is 18.0 Å². The van der Waals surface area contributed by atoms with Crippen molar-refractivity contribution in [1.82, 2.24) is 4.57 Å². The van der Waals surface area contributed by atoms with Crippen LogP contribution in [-0.2, 0) is 6.54 Å². The van der Waals surface area contributed by atoms with E-state index in [0.29, 0.717) is 12.8 Å². The minimum atomic E-state index is -0.238. The zero-order chi connectivity index (χ0) is 15.4. The van der Waals surface area contributed by atoms with Gasteiger partial charge in [0, 0.05) is 6.54 Å². The van der Waals surface area contributed by atoms with Gasteiger partial charge in [0.05, 0.1) is 18.4 Å². The third-order valence-corrected chi connectivity index (χ3v) is 3.47. The molecule has 0 radical (unpaired) electrons. The van der Waals surface area contributed by atoms with Crippen LogP contribution in [0, 0.1) is 6.92 Å². The fourth-order valence-corrected chi connectivity index (χ4v) is 2.42. The molecule has 1 aromatic carbocycles. The highest BCUT2D eigenvalue weighted by Crippen LogP contribution is 2.25. The van der Waals surface area contributed by atoms with Crippen LogP contribution in [0.25, 0.3) is 11.3 Å². The molecular formula is C17H19NO3. The Morgan fingerprint density at radius 2 is 2.00 bits per heavy atom. The van der Waals surface area contributed by atoms with Crippen LogP contribution in [0.3, 0.4) is 0 Å². The van der Waals surface area contributed by atoms with E-state index in [1.54, 1.807) is 17.7 Å². The lowest BCUT2D eigenvalue weighted by Crippen LogP contribution is -2.24. The van der Waals surface area contributed by atoms with E-state index in [-0.39, 0.29) is 11.1 Å². The Kier molecular flexibility index (Phi) is 4.58. The minimum Gasteiger partial charge on any atom is -0.496 e. The Morgan fingerprint density at radius 3 is 2.57 bits per heavy atom. The summed E-state index contributed by atoms with van der Waals surface area (Å²) < 4.78 is 6.92. The average molecular weight is 285 g/mol. The zero-order valence-electron chi connectivity index (χ0n) is 12.6. The molecule has 0 unspecified atom stereocenters. The van der Waals surface area contributed by atoms with Gasteiger partial charge in [0.15, 0.2) is 6.29 Å². The number of benzene rings is 1. The molecule has 1 heterocycles. The molecule has 0 saturated heterocycles. The number of aldehydes is 1. The first kappa shape index (κ1) is 15.0. The number of rotatable bonds is 5. The van der Waals surface area contributed by atoms with Crippen molar-refractivity contribution in [3.8, 4) is 17.0 Å². The molecule has 0 aliphatic carbocycles. The summed E-state index contributed by atoms with van der Waals surface area (Å²) in [5, 5.41) is 0. The molecular weight excluding hydrogens is 266 g/mol. The van der Waals surface area contributed by atoms with Gasteiger partial charge in [0.2, 0.25) is 0 Å². The SMILES string of the molecule is CCCn1c(-c2ccc(OC)c(C)c2)ccc(C=O)c1=O. The fourth-order valence-electron chi connectivity index (χ4n) is 2.42. The quantitative estimate of drug-likeness (QED) is 0.793. The summed E-state index contributed by atoms with van der Waals surface area (Å²) in [7, 11) is 1.63. The van der Waals surface area contributed by atoms with Crippen LogP contribution >= 0.6 is 0 Å². The van der Waals surface area contributed by atoms with E-state index in [9.17, 15) is 9.59 Å². The Morgan fingerprint density at radius 1 is 1.24 bits per heavy atom. The molecule has 110 valence electrons. The number of methoxy groups -OCH3 is 1. The van der Waals surface area contributed by atoms with E-state index in [1.165, 1.54) is 0 Å². The van der Waals surface area contributed by atoms with Crippen molar-refractivity contribution in [3.05, 3.63) is 51.8 Å². The van der Waals surface area contributed by atoms with Crippen molar-refractivity contribution in [1.29, 1.82) is 0 Å². The van der Waals surface area contributed by atoms with Crippen LogP contribution in [0.1, 0.15) is 29.3 Å². The van der Waals surface area contributed by atoms with Gasteiger partial charge in [-0.2, -0.15) is 0 Å². The van der Waals surface area contributed by atoms with E-state index in [1.807, 2.05) is 38.1 Å². The van der Waals surface area contributed by atoms with Gasteiger partial charge in [-0.15, -0.1) is 0 Å². The van der Waals surface area contributed by atoms with Crippen molar-refractivity contribution in [3.63, 3.8) is 0 Å². The van der Waals surface area contributed by atoms with Gasteiger partial charge in [-0.3, -0.25) is 9.59 Å². The van der Waals surface area contributed by atoms with E-state index >= 15 is 0 Å². The minimum absolute atomic E-state index is 0.192. The van der Waals surface area contributed by atoms with E-state index in [0.717, 1.165) is 29.0 Å². The Hall–Kier alpha value is -2.36. The lowest BCUT2D eigenvalue weighted by atomic mass is 10.1. The fraction of sp³-hybridized carbons (Fsp3) is 0.294. The molecule has 4 nitrogen and oxygen atoms in total. The van der Waals surface area contributed by atoms with Crippen molar-refractivity contribution in [2.45, 2.75) is 26.8 Å². The van der Waals surface area contributed by atoms with Crippen molar-refractivity contribution >= 4 is 6.29 Å². The molecule has 2 aromatic rings. The maximum absolute atomic E-state index is 12.3. The first-order valence-corrected chi connectivity index (χ1v) is 6.96. The van der Waals surface area contributed by atoms with E-state index in [4.69, 9.17) is 4.74 Å². The monoisotopic (exact) mass is 285 g/mol. The summed E-state index contributed by atoms with van der Waals surface area (Å²) in [5.41, 5.74) is 2.72. The number of hydrogen-bond donors (Lipinski definition) is 0. The lowest BCUT2D eigenvalue weighted by Gasteiger charge is -2.14. The second-order valence-electron chi connectivity index (χ2n) is 4.93. The molecule has 21 heavy (non-hydrogen) atoms. The highest BCUT2D eigenvalue weighted by molar-refractivity contribution is 5.75. The normalized spacial score (nSPS) is 10.4. The van der Waals surface area contributed by atoms with Gasteiger partial charge >= 0.3 is 0 Å². The molecule has 1 aromatic heterocycles. The summed E-state index contributed by atoms with van der Waals surface area (Å²) in [6.45, 7) is 4.55. The van der Waals surface area contributed by atoms with Crippen LogP contribution in [0.15, 0.2) is 35.1 Å². The van der Waals surface area contributed by atoms with Crippen LogP contribution < -0.4 is 10.3 Å². The van der Waals surface area contributed by atoms with Gasteiger partial charge in [-0.05, 0) is 54.8 Å². The molecule has 0 fully saturated rings. The van der Waals surface area contributed by atoms with Crippen molar-refractivity contribution in [2.75, 3.05) is 7.11 Å². The lowest BCUT2D eigenvalue weighted by molar-refractivity contribution is 0.112. The molecule has 2 rings (SSSR count). The first-order chi connectivity index (χ1) is 10.1. The molecule has 0 amide bonds. The summed E-state index contributed by atoms with van der Waals surface area (Å²) in [6, 6.07) is 9.20. The standard InChI is InChI=1S/C17H19NO3/c1-4-9-18-15(7-5-14(11-19)17(18)20)13-6-8-16(21-3)12(2)10-13/h5-8,10-11H,4,9H2,1-3H3. The number of nitrogens with zero attached hydrogens (tertiary/aromatic N) is 1. The molecule has 0 spiro atoms. The van der Waals surface area contributed by atoms with Crippen molar-refractivity contribution < 1.29 is 9.53 Å². The van der Waals surface area contributed by atoms with Crippen molar-refractivity contribution in [2.24, 2.45) is 0 Å². The highest BCUT2D eigenvalue weighted by atomic mass is 16.5. The number of hydrogen-bond acceptors (Lipinski definition) is 3. The topological polar surface area (TPSA) is 48.3 Å². The predicted molar refractivity (Wildman–Crippen MR) is 83.1 cm³/mol. The number of pyridine rings is 1. The summed E-state index contributed by atoms with van der Waals surface area (Å²) in [6.07, 6.45) is 1.43. The highest BCUT2D eigenvalue weighted by Gasteiger charge is 2.10. The van der Waals surface area contributed by atoms with Gasteiger partial charge in [0.25, 0.3) is 5.56 Å². The molecule has 0 aliphatic heterocycles. The number of carbonyl (C=O) groups excluding carboxylic acids is 1. The largest absolute Gasteiger partial charge is 0.496 e. The number of aromatic nitrogens is 1. The summed E-state index contributed by atoms with van der Waals surface area (Å²) in [4.78, 5) is 23.2. The number of aryl methyl sites for hydroxylation is 1. The van der Waals surface area contributed by atoms with Gasteiger partial charge < -0.3 is 9.30 Å². The first-order valence-electron chi connectivity index (χ1n) is 6.96. The molecule has 0 atom stereocenters. The van der Waals surface area contributed by atoms with Gasteiger partial charge in [-0.25, -0.2) is 0 Å².